The van der Waals surface area contributed by atoms with Crippen LogP contribution in [0.25, 0.3) is 6.08 Å². The van der Waals surface area contributed by atoms with E-state index in [1.807, 2.05) is 37.8 Å². The molecule has 1 rings (SSSR count). The van der Waals surface area contributed by atoms with Crippen molar-refractivity contribution in [3.05, 3.63) is 53.7 Å². The zero-order valence-corrected chi connectivity index (χ0v) is 12.5. The van der Waals surface area contributed by atoms with Crippen molar-refractivity contribution in [2.75, 3.05) is 0 Å². The molecule has 0 saturated carbocycles. The Kier molecular flexibility index (Phi) is 5.20. The molecule has 1 atom stereocenters. The van der Waals surface area contributed by atoms with Crippen LogP contribution in [0.3, 0.4) is 0 Å². The maximum Gasteiger partial charge on any atom is 0.294 e. The first-order valence-corrected chi connectivity index (χ1v) is 9.78. The molecule has 1 unspecified atom stereocenters. The van der Waals surface area contributed by atoms with Crippen molar-refractivity contribution >= 4 is 14.1 Å². The van der Waals surface area contributed by atoms with Crippen LogP contribution < -0.4 is 0 Å². The minimum absolute atomic E-state index is 0.784. The van der Waals surface area contributed by atoms with E-state index in [9.17, 15) is 13.9 Å². The van der Waals surface area contributed by atoms with Crippen LogP contribution in [-0.4, -0.2) is 25.2 Å². The Hall–Kier alpha value is -1.26. The molecule has 0 fully saturated rings. The van der Waals surface area contributed by atoms with Gasteiger partial charge in [-0.15, -0.1) is 0 Å². The lowest BCUT2D eigenvalue weighted by Crippen LogP contribution is -2.30. The Morgan fingerprint density at radius 1 is 1.16 bits per heavy atom. The van der Waals surface area contributed by atoms with Gasteiger partial charge in [-0.3, -0.25) is 0 Å². The highest BCUT2D eigenvalue weighted by atomic mass is 28.3. The van der Waals surface area contributed by atoms with Crippen LogP contribution >= 0.6 is 0 Å². The van der Waals surface area contributed by atoms with Gasteiger partial charge in [0.15, 0.2) is 0 Å². The number of rotatable bonds is 5. The van der Waals surface area contributed by atoms with Crippen molar-refractivity contribution in [3.8, 4) is 0 Å². The van der Waals surface area contributed by atoms with Crippen molar-refractivity contribution in [2.24, 2.45) is 0 Å². The van der Waals surface area contributed by atoms with Crippen LogP contribution in [0.15, 0.2) is 48.2 Å². The lowest BCUT2D eigenvalue weighted by molar-refractivity contribution is -0.0445. The first-order chi connectivity index (χ1) is 8.71. The molecule has 104 valence electrons. The number of aliphatic hydroxyl groups excluding tert-OH is 1. The molecule has 0 aromatic heterocycles. The molecule has 4 heteroatoms. The zero-order valence-electron chi connectivity index (χ0n) is 11.5. The Labute approximate surface area is 114 Å². The molecule has 1 aromatic rings. The quantitative estimate of drug-likeness (QED) is 0.805. The SMILES string of the molecule is C[Si](C)(C)/C=C/C(F)(F)C(O)/C=C/c1ccccc1. The summed E-state index contributed by atoms with van der Waals surface area (Å²) in [6, 6.07) is 9.06. The highest BCUT2D eigenvalue weighted by Gasteiger charge is 2.34. The van der Waals surface area contributed by atoms with E-state index in [0.29, 0.717) is 0 Å². The molecule has 0 amide bonds. The van der Waals surface area contributed by atoms with Crippen molar-refractivity contribution in [1.29, 1.82) is 0 Å². The lowest BCUT2D eigenvalue weighted by atomic mass is 10.1. The Morgan fingerprint density at radius 3 is 2.26 bits per heavy atom. The first-order valence-electron chi connectivity index (χ1n) is 6.20. The maximum atomic E-state index is 13.7. The summed E-state index contributed by atoms with van der Waals surface area (Å²) in [5, 5.41) is 9.56. The first kappa shape index (κ1) is 15.8. The summed E-state index contributed by atoms with van der Waals surface area (Å²) >= 11 is 0. The monoisotopic (exact) mass is 282 g/mol. The normalized spacial score (nSPS) is 15.3. The molecular weight excluding hydrogens is 262 g/mol. The molecule has 0 bridgehead atoms. The third kappa shape index (κ3) is 5.94. The number of aliphatic hydroxyl groups is 1. The largest absolute Gasteiger partial charge is 0.382 e. The summed E-state index contributed by atoms with van der Waals surface area (Å²) < 4.78 is 27.4. The molecule has 1 N–H and O–H groups in total. The van der Waals surface area contributed by atoms with Crippen LogP contribution in [0.2, 0.25) is 19.6 Å². The number of hydrogen-bond acceptors (Lipinski definition) is 1. The highest BCUT2D eigenvalue weighted by molar-refractivity contribution is 6.80. The molecule has 0 aliphatic heterocycles. The van der Waals surface area contributed by atoms with Crippen LogP contribution in [0, 0.1) is 0 Å². The van der Waals surface area contributed by atoms with Gasteiger partial charge in [-0.05, 0) is 17.7 Å². The predicted octanol–water partition coefficient (Wildman–Crippen LogP) is 4.13. The molecular formula is C15H20F2OSi. The molecule has 19 heavy (non-hydrogen) atoms. The van der Waals surface area contributed by atoms with Gasteiger partial charge in [-0.2, -0.15) is 8.78 Å². The highest BCUT2D eigenvalue weighted by Crippen LogP contribution is 2.23. The van der Waals surface area contributed by atoms with E-state index in [4.69, 9.17) is 0 Å². The van der Waals surface area contributed by atoms with Crippen LogP contribution in [-0.2, 0) is 0 Å². The van der Waals surface area contributed by atoms with Crippen molar-refractivity contribution in [2.45, 2.75) is 31.7 Å². The third-order valence-corrected chi connectivity index (χ3v) is 3.64. The second kappa shape index (κ2) is 6.26. The van der Waals surface area contributed by atoms with Crippen LogP contribution in [0.4, 0.5) is 8.78 Å². The standard InChI is InChI=1S/C15H20F2OSi/c1-19(2,3)12-11-15(16,17)14(18)10-9-13-7-5-4-6-8-13/h4-12,14,18H,1-3H3/b10-9+,12-11+. The molecule has 1 nitrogen and oxygen atoms in total. The molecule has 0 spiro atoms. The minimum atomic E-state index is -3.23. The van der Waals surface area contributed by atoms with Gasteiger partial charge in [0, 0.05) is 0 Å². The van der Waals surface area contributed by atoms with Crippen LogP contribution in [0.5, 0.6) is 0 Å². The minimum Gasteiger partial charge on any atom is -0.382 e. The predicted molar refractivity (Wildman–Crippen MR) is 78.9 cm³/mol. The number of alkyl halides is 2. The van der Waals surface area contributed by atoms with E-state index in [0.717, 1.165) is 17.7 Å². The number of hydrogen-bond donors (Lipinski definition) is 1. The van der Waals surface area contributed by atoms with E-state index >= 15 is 0 Å². The molecule has 0 aliphatic carbocycles. The van der Waals surface area contributed by atoms with E-state index in [-0.39, 0.29) is 0 Å². The molecule has 0 heterocycles. The Bertz CT molecular complexity index is 447. The van der Waals surface area contributed by atoms with Crippen molar-refractivity contribution in [3.63, 3.8) is 0 Å². The van der Waals surface area contributed by atoms with E-state index < -0.39 is 20.1 Å². The fourth-order valence-corrected chi connectivity index (χ4v) is 2.08. The van der Waals surface area contributed by atoms with Crippen molar-refractivity contribution in [1.82, 2.24) is 0 Å². The number of benzene rings is 1. The molecule has 0 saturated heterocycles. The molecule has 0 radical (unpaired) electrons. The average molecular weight is 282 g/mol. The van der Waals surface area contributed by atoms with Crippen LogP contribution in [0.1, 0.15) is 5.56 Å². The van der Waals surface area contributed by atoms with Gasteiger partial charge >= 0.3 is 0 Å². The zero-order chi connectivity index (χ0) is 14.5. The lowest BCUT2D eigenvalue weighted by Gasteiger charge is -2.18. The molecule has 1 aromatic carbocycles. The summed E-state index contributed by atoms with van der Waals surface area (Å²) in [5.41, 5.74) is 2.33. The van der Waals surface area contributed by atoms with Gasteiger partial charge < -0.3 is 5.11 Å². The summed E-state index contributed by atoms with van der Waals surface area (Å²) in [7, 11) is -1.70. The van der Waals surface area contributed by atoms with Gasteiger partial charge in [0.05, 0.1) is 8.07 Å². The van der Waals surface area contributed by atoms with Gasteiger partial charge in [0.2, 0.25) is 0 Å². The maximum absolute atomic E-state index is 13.7. The van der Waals surface area contributed by atoms with Crippen molar-refractivity contribution < 1.29 is 13.9 Å². The summed E-state index contributed by atoms with van der Waals surface area (Å²) in [5.74, 6) is -3.23. The van der Waals surface area contributed by atoms with Gasteiger partial charge in [-0.25, -0.2) is 0 Å². The van der Waals surface area contributed by atoms with E-state index in [1.54, 1.807) is 17.8 Å². The van der Waals surface area contributed by atoms with Gasteiger partial charge in [0.1, 0.15) is 6.10 Å². The van der Waals surface area contributed by atoms with Gasteiger partial charge in [0.25, 0.3) is 5.92 Å². The Balaban J connectivity index is 2.74. The topological polar surface area (TPSA) is 20.2 Å². The summed E-state index contributed by atoms with van der Waals surface area (Å²) in [4.78, 5) is 0. The third-order valence-electron chi connectivity index (χ3n) is 2.47. The number of halogens is 2. The second-order valence-corrected chi connectivity index (χ2v) is 10.7. The fourth-order valence-electron chi connectivity index (χ4n) is 1.35. The van der Waals surface area contributed by atoms with Gasteiger partial charge in [-0.1, -0.05) is 61.7 Å². The van der Waals surface area contributed by atoms with E-state index in [2.05, 4.69) is 0 Å². The molecule has 0 aliphatic rings. The smallest absolute Gasteiger partial charge is 0.294 e. The summed E-state index contributed by atoms with van der Waals surface area (Å²) in [6.45, 7) is 5.89. The van der Waals surface area contributed by atoms with E-state index in [1.165, 1.54) is 6.08 Å². The average Bonchev–Trinajstić information content (AvgIpc) is 2.34. The summed E-state index contributed by atoms with van der Waals surface area (Å²) in [6.07, 6.45) is 1.66. The fraction of sp³-hybridized carbons (Fsp3) is 0.333. The second-order valence-electron chi connectivity index (χ2n) is 5.59. The Morgan fingerprint density at radius 2 is 1.74 bits per heavy atom.